The first-order chi connectivity index (χ1) is 11.8. The lowest BCUT2D eigenvalue weighted by atomic mass is 10.1. The fourth-order valence-corrected chi connectivity index (χ4v) is 3.18. The number of carbonyl (C=O) groups excluding carboxylic acids is 1. The van der Waals surface area contributed by atoms with Gasteiger partial charge in [-0.1, -0.05) is 24.3 Å². The number of hydrogen-bond donors (Lipinski definition) is 1. The zero-order valence-corrected chi connectivity index (χ0v) is 13.2. The van der Waals surface area contributed by atoms with Gasteiger partial charge in [0.25, 0.3) is 5.91 Å². The van der Waals surface area contributed by atoms with Crippen molar-refractivity contribution in [3.8, 4) is 5.75 Å². The molecule has 0 aliphatic carbocycles. The van der Waals surface area contributed by atoms with Crippen LogP contribution in [0.5, 0.6) is 5.75 Å². The van der Waals surface area contributed by atoms with Gasteiger partial charge in [0.1, 0.15) is 23.4 Å². The topological polar surface area (TPSA) is 71.1 Å². The Morgan fingerprint density at radius 1 is 1.17 bits per heavy atom. The summed E-state index contributed by atoms with van der Waals surface area (Å²) in [6.45, 7) is 1.25. The molecular formula is C18H18N4O2. The van der Waals surface area contributed by atoms with Gasteiger partial charge in [0.05, 0.1) is 11.6 Å². The van der Waals surface area contributed by atoms with Gasteiger partial charge in [-0.25, -0.2) is 0 Å². The molecule has 1 aliphatic rings. The van der Waals surface area contributed by atoms with E-state index in [-0.39, 0.29) is 11.9 Å². The fraction of sp³-hybridized carbons (Fsp3) is 0.278. The normalized spacial score (nSPS) is 17.3. The van der Waals surface area contributed by atoms with E-state index < -0.39 is 0 Å². The Hall–Kier alpha value is -2.89. The van der Waals surface area contributed by atoms with Gasteiger partial charge in [-0.05, 0) is 37.1 Å². The molecule has 1 atom stereocenters. The van der Waals surface area contributed by atoms with E-state index in [0.29, 0.717) is 23.2 Å². The number of para-hydroxylation sites is 2. The van der Waals surface area contributed by atoms with Crippen molar-refractivity contribution in [3.63, 3.8) is 0 Å². The van der Waals surface area contributed by atoms with E-state index in [9.17, 15) is 4.79 Å². The average molecular weight is 322 g/mol. The molecule has 0 radical (unpaired) electrons. The Morgan fingerprint density at radius 2 is 2.04 bits per heavy atom. The minimum absolute atomic E-state index is 0.00587. The summed E-state index contributed by atoms with van der Waals surface area (Å²) in [4.78, 5) is 14.9. The van der Waals surface area contributed by atoms with Crippen molar-refractivity contribution < 1.29 is 9.53 Å². The number of rotatable bonds is 4. The molecule has 1 aliphatic heterocycles. The Balaban J connectivity index is 1.52. The molecule has 1 saturated heterocycles. The number of fused-ring (bicyclic) bond motifs is 1. The molecule has 24 heavy (non-hydrogen) atoms. The third kappa shape index (κ3) is 2.71. The number of hydrogen-bond acceptors (Lipinski definition) is 4. The number of nitrogens with one attached hydrogen (secondary N) is 1. The van der Waals surface area contributed by atoms with E-state index in [1.807, 2.05) is 47.4 Å². The number of amides is 1. The number of benzene rings is 2. The molecule has 4 rings (SSSR count). The summed E-state index contributed by atoms with van der Waals surface area (Å²) in [6.07, 6.45) is 1.94. The van der Waals surface area contributed by atoms with Crippen LogP contribution in [0, 0.1) is 0 Å². The lowest BCUT2D eigenvalue weighted by Crippen LogP contribution is -2.39. The Kier molecular flexibility index (Phi) is 3.86. The Morgan fingerprint density at radius 3 is 2.92 bits per heavy atom. The molecule has 1 fully saturated rings. The maximum Gasteiger partial charge on any atom is 0.256 e. The molecule has 2 heterocycles. The molecule has 1 aromatic heterocycles. The lowest BCUT2D eigenvalue weighted by Gasteiger charge is -2.25. The SMILES string of the molecule is O=C(c1cccc2n[nH]nc12)N1CCC[C@H]1COc1ccccc1. The third-order valence-corrected chi connectivity index (χ3v) is 4.40. The summed E-state index contributed by atoms with van der Waals surface area (Å²) in [5.41, 5.74) is 1.92. The number of ether oxygens (including phenoxy) is 1. The lowest BCUT2D eigenvalue weighted by molar-refractivity contribution is 0.0693. The first-order valence-corrected chi connectivity index (χ1v) is 8.11. The van der Waals surface area contributed by atoms with Gasteiger partial charge in [0.2, 0.25) is 0 Å². The van der Waals surface area contributed by atoms with Crippen molar-refractivity contribution in [3.05, 3.63) is 54.1 Å². The highest BCUT2D eigenvalue weighted by Crippen LogP contribution is 2.24. The van der Waals surface area contributed by atoms with E-state index in [4.69, 9.17) is 4.74 Å². The highest BCUT2D eigenvalue weighted by atomic mass is 16.5. The van der Waals surface area contributed by atoms with Crippen LogP contribution < -0.4 is 4.74 Å². The largest absolute Gasteiger partial charge is 0.491 e. The van der Waals surface area contributed by atoms with Crippen LogP contribution in [0.3, 0.4) is 0 Å². The number of nitrogens with zero attached hydrogens (tertiary/aromatic N) is 3. The van der Waals surface area contributed by atoms with E-state index in [2.05, 4.69) is 15.4 Å². The van der Waals surface area contributed by atoms with Gasteiger partial charge >= 0.3 is 0 Å². The van der Waals surface area contributed by atoms with E-state index >= 15 is 0 Å². The predicted octanol–water partition coefficient (Wildman–Crippen LogP) is 2.64. The second-order valence-corrected chi connectivity index (χ2v) is 5.92. The minimum Gasteiger partial charge on any atom is -0.491 e. The summed E-state index contributed by atoms with van der Waals surface area (Å²) < 4.78 is 5.85. The first-order valence-electron chi connectivity index (χ1n) is 8.11. The van der Waals surface area contributed by atoms with Crippen LogP contribution in [0.4, 0.5) is 0 Å². The van der Waals surface area contributed by atoms with Crippen molar-refractivity contribution in [2.75, 3.05) is 13.2 Å². The van der Waals surface area contributed by atoms with E-state index in [0.717, 1.165) is 25.1 Å². The van der Waals surface area contributed by atoms with Crippen LogP contribution in [0.25, 0.3) is 11.0 Å². The molecule has 0 saturated carbocycles. The quantitative estimate of drug-likeness (QED) is 0.801. The number of aromatic nitrogens is 3. The highest BCUT2D eigenvalue weighted by Gasteiger charge is 2.31. The van der Waals surface area contributed by atoms with Crippen molar-refractivity contribution in [1.29, 1.82) is 0 Å². The summed E-state index contributed by atoms with van der Waals surface area (Å²) >= 11 is 0. The smallest absolute Gasteiger partial charge is 0.256 e. The van der Waals surface area contributed by atoms with E-state index in [1.54, 1.807) is 6.07 Å². The molecule has 0 unspecified atom stereocenters. The second kappa shape index (κ2) is 6.31. The molecule has 2 aromatic carbocycles. The standard InChI is InChI=1S/C18H18N4O2/c23-18(15-9-4-10-16-17(15)20-21-19-16)22-11-5-6-13(22)12-24-14-7-2-1-3-8-14/h1-4,7-10,13H,5-6,11-12H2,(H,19,20,21)/t13-/m0/s1. The summed E-state index contributed by atoms with van der Waals surface area (Å²) in [5, 5.41) is 10.8. The van der Waals surface area contributed by atoms with Gasteiger partial charge < -0.3 is 9.64 Å². The molecule has 3 aromatic rings. The second-order valence-electron chi connectivity index (χ2n) is 5.92. The molecule has 6 nitrogen and oxygen atoms in total. The molecule has 0 bridgehead atoms. The maximum atomic E-state index is 13.0. The zero-order chi connectivity index (χ0) is 16.4. The monoisotopic (exact) mass is 322 g/mol. The molecule has 0 spiro atoms. The first kappa shape index (κ1) is 14.7. The molecule has 1 N–H and O–H groups in total. The Bertz CT molecular complexity index is 846. The van der Waals surface area contributed by atoms with Crippen molar-refractivity contribution in [2.24, 2.45) is 0 Å². The molecule has 6 heteroatoms. The maximum absolute atomic E-state index is 13.0. The summed E-state index contributed by atoms with van der Waals surface area (Å²) in [7, 11) is 0. The predicted molar refractivity (Wildman–Crippen MR) is 89.9 cm³/mol. The fourth-order valence-electron chi connectivity index (χ4n) is 3.18. The van der Waals surface area contributed by atoms with Crippen LogP contribution in [-0.4, -0.2) is 45.4 Å². The van der Waals surface area contributed by atoms with Crippen LogP contribution >= 0.6 is 0 Å². The minimum atomic E-state index is -0.00587. The van der Waals surface area contributed by atoms with E-state index in [1.165, 1.54) is 0 Å². The summed E-state index contributed by atoms with van der Waals surface area (Å²) in [5.74, 6) is 0.823. The van der Waals surface area contributed by atoms with Crippen LogP contribution in [0.15, 0.2) is 48.5 Å². The highest BCUT2D eigenvalue weighted by molar-refractivity contribution is 6.04. The third-order valence-electron chi connectivity index (χ3n) is 4.40. The number of H-pyrrole nitrogens is 1. The van der Waals surface area contributed by atoms with Crippen LogP contribution in [0.2, 0.25) is 0 Å². The van der Waals surface area contributed by atoms with Gasteiger partial charge in [0.15, 0.2) is 0 Å². The number of carbonyl (C=O) groups is 1. The van der Waals surface area contributed by atoms with Gasteiger partial charge in [-0.15, -0.1) is 0 Å². The van der Waals surface area contributed by atoms with Gasteiger partial charge in [-0.3, -0.25) is 4.79 Å². The molecule has 122 valence electrons. The van der Waals surface area contributed by atoms with Crippen molar-refractivity contribution >= 4 is 16.9 Å². The van der Waals surface area contributed by atoms with Crippen molar-refractivity contribution in [2.45, 2.75) is 18.9 Å². The van der Waals surface area contributed by atoms with Gasteiger partial charge in [0, 0.05) is 6.54 Å². The zero-order valence-electron chi connectivity index (χ0n) is 13.2. The summed E-state index contributed by atoms with van der Waals surface area (Å²) in [6, 6.07) is 15.3. The molecule has 1 amide bonds. The van der Waals surface area contributed by atoms with Crippen LogP contribution in [-0.2, 0) is 0 Å². The van der Waals surface area contributed by atoms with Crippen molar-refractivity contribution in [1.82, 2.24) is 20.3 Å². The number of likely N-dealkylation sites (tertiary alicyclic amines) is 1. The average Bonchev–Trinajstić information content (AvgIpc) is 3.29. The molecular weight excluding hydrogens is 304 g/mol. The van der Waals surface area contributed by atoms with Crippen LogP contribution in [0.1, 0.15) is 23.2 Å². The number of aromatic amines is 1. The van der Waals surface area contributed by atoms with Gasteiger partial charge in [-0.2, -0.15) is 15.4 Å². The Labute approximate surface area is 139 Å².